The van der Waals surface area contributed by atoms with Crippen molar-refractivity contribution < 1.29 is 22.7 Å². The lowest BCUT2D eigenvalue weighted by Gasteiger charge is -2.23. The van der Waals surface area contributed by atoms with Gasteiger partial charge in [0.25, 0.3) is 0 Å². The van der Waals surface area contributed by atoms with Crippen LogP contribution in [0.5, 0.6) is 5.75 Å². The average Bonchev–Trinajstić information content (AvgIpc) is 2.93. The predicted octanol–water partition coefficient (Wildman–Crippen LogP) is 1.69. The number of hydrogen-bond acceptors (Lipinski definition) is 5. The van der Waals surface area contributed by atoms with E-state index in [-0.39, 0.29) is 42.1 Å². The van der Waals surface area contributed by atoms with Crippen molar-refractivity contribution in [2.45, 2.75) is 31.7 Å². The van der Waals surface area contributed by atoms with E-state index in [0.29, 0.717) is 24.2 Å². The van der Waals surface area contributed by atoms with E-state index in [9.17, 15) is 18.0 Å². The van der Waals surface area contributed by atoms with E-state index in [0.717, 1.165) is 0 Å². The molecule has 1 saturated heterocycles. The molecule has 0 saturated carbocycles. The number of ether oxygens (including phenoxy) is 1. The Morgan fingerprint density at radius 1 is 1.21 bits per heavy atom. The minimum Gasteiger partial charge on any atom is -0.497 e. The molecule has 1 aromatic rings. The van der Waals surface area contributed by atoms with Crippen molar-refractivity contribution >= 4 is 21.5 Å². The third-order valence-corrected chi connectivity index (χ3v) is 6.11. The van der Waals surface area contributed by atoms with Crippen LogP contribution in [0.2, 0.25) is 0 Å². The van der Waals surface area contributed by atoms with E-state index >= 15 is 0 Å². The topological polar surface area (TPSA) is 80.8 Å². The van der Waals surface area contributed by atoms with Crippen LogP contribution in [0.4, 0.5) is 0 Å². The van der Waals surface area contributed by atoms with Gasteiger partial charge in [0.05, 0.1) is 18.6 Å². The number of benzene rings is 1. The molecule has 0 bridgehead atoms. The Bertz CT molecular complexity index is 696. The highest BCUT2D eigenvalue weighted by molar-refractivity contribution is 7.91. The third-order valence-electron chi connectivity index (χ3n) is 4.36. The number of ketones is 1. The van der Waals surface area contributed by atoms with Crippen LogP contribution in [0, 0.1) is 0 Å². The molecule has 0 aliphatic carbocycles. The zero-order valence-corrected chi connectivity index (χ0v) is 14.8. The van der Waals surface area contributed by atoms with Crippen LogP contribution >= 0.6 is 0 Å². The molecule has 1 heterocycles. The molecule has 1 atom stereocenters. The summed E-state index contributed by atoms with van der Waals surface area (Å²) in [6.45, 7) is 0. The molecule has 0 spiro atoms. The molecule has 7 heteroatoms. The zero-order valence-electron chi connectivity index (χ0n) is 14.0. The number of sulfone groups is 1. The van der Waals surface area contributed by atoms with Crippen LogP contribution in [0.15, 0.2) is 24.3 Å². The molecule has 132 valence electrons. The summed E-state index contributed by atoms with van der Waals surface area (Å²) in [7, 11) is 0.194. The number of Topliss-reactive ketones (excluding diaryl/α,β-unsaturated/α-hetero) is 1. The summed E-state index contributed by atoms with van der Waals surface area (Å²) < 4.78 is 28.0. The molecule has 6 nitrogen and oxygen atoms in total. The largest absolute Gasteiger partial charge is 0.497 e. The summed E-state index contributed by atoms with van der Waals surface area (Å²) in [6, 6.07) is 6.64. The molecule has 0 aromatic heterocycles. The van der Waals surface area contributed by atoms with Gasteiger partial charge in [-0.1, -0.05) is 0 Å². The van der Waals surface area contributed by atoms with Gasteiger partial charge in [-0.05, 0) is 37.1 Å². The molecule has 1 amide bonds. The van der Waals surface area contributed by atoms with Gasteiger partial charge in [0.2, 0.25) is 5.91 Å². The van der Waals surface area contributed by atoms with Gasteiger partial charge in [-0.25, -0.2) is 8.42 Å². The van der Waals surface area contributed by atoms with Crippen LogP contribution in [-0.2, 0) is 14.6 Å². The lowest BCUT2D eigenvalue weighted by atomic mass is 10.0. The predicted molar refractivity (Wildman–Crippen MR) is 91.0 cm³/mol. The molecule has 24 heavy (non-hydrogen) atoms. The number of rotatable bonds is 7. The molecular formula is C17H23NO5S. The van der Waals surface area contributed by atoms with Crippen molar-refractivity contribution in [1.29, 1.82) is 0 Å². The normalized spacial score (nSPS) is 19.0. The van der Waals surface area contributed by atoms with Gasteiger partial charge in [0.15, 0.2) is 15.6 Å². The fourth-order valence-corrected chi connectivity index (χ4v) is 4.56. The molecule has 1 fully saturated rings. The van der Waals surface area contributed by atoms with Gasteiger partial charge in [-0.3, -0.25) is 9.59 Å². The molecular weight excluding hydrogens is 330 g/mol. The van der Waals surface area contributed by atoms with E-state index in [1.165, 1.54) is 4.90 Å². The fourth-order valence-electron chi connectivity index (χ4n) is 2.78. The average molecular weight is 353 g/mol. The number of amides is 1. The summed E-state index contributed by atoms with van der Waals surface area (Å²) in [5, 5.41) is 0. The van der Waals surface area contributed by atoms with E-state index in [4.69, 9.17) is 4.74 Å². The highest BCUT2D eigenvalue weighted by Crippen LogP contribution is 2.18. The van der Waals surface area contributed by atoms with Crippen LogP contribution in [0.3, 0.4) is 0 Å². The zero-order chi connectivity index (χ0) is 17.7. The maximum absolute atomic E-state index is 12.1. The summed E-state index contributed by atoms with van der Waals surface area (Å²) in [6.07, 6.45) is 1.48. The number of hydrogen-bond donors (Lipinski definition) is 0. The van der Waals surface area contributed by atoms with Crippen molar-refractivity contribution in [3.05, 3.63) is 29.8 Å². The highest BCUT2D eigenvalue weighted by atomic mass is 32.2. The first-order chi connectivity index (χ1) is 11.3. The Morgan fingerprint density at radius 2 is 1.88 bits per heavy atom. The third kappa shape index (κ3) is 4.80. The standard InChI is InChI=1S/C17H23NO5S/c1-18(14-10-11-24(21,22)12-14)17(20)5-3-4-16(19)13-6-8-15(23-2)9-7-13/h6-9,14H,3-5,10-12H2,1-2H3. The van der Waals surface area contributed by atoms with Crippen molar-refractivity contribution in [2.75, 3.05) is 25.7 Å². The van der Waals surface area contributed by atoms with Crippen molar-refractivity contribution in [1.82, 2.24) is 4.90 Å². The molecule has 1 unspecified atom stereocenters. The van der Waals surface area contributed by atoms with Gasteiger partial charge in [0, 0.05) is 31.5 Å². The second-order valence-corrected chi connectivity index (χ2v) is 8.30. The Morgan fingerprint density at radius 3 is 2.42 bits per heavy atom. The van der Waals surface area contributed by atoms with Crippen LogP contribution in [0.1, 0.15) is 36.0 Å². The lowest BCUT2D eigenvalue weighted by Crippen LogP contribution is -2.37. The van der Waals surface area contributed by atoms with Crippen molar-refractivity contribution in [2.24, 2.45) is 0 Å². The van der Waals surface area contributed by atoms with E-state index in [1.807, 2.05) is 0 Å². The fraction of sp³-hybridized carbons (Fsp3) is 0.529. The minimum atomic E-state index is -3.01. The first-order valence-electron chi connectivity index (χ1n) is 7.96. The summed E-state index contributed by atoms with van der Waals surface area (Å²) >= 11 is 0. The number of carbonyl (C=O) groups is 2. The SMILES string of the molecule is COc1ccc(C(=O)CCCC(=O)N(C)C2CCS(=O)(=O)C2)cc1. The van der Waals surface area contributed by atoms with Gasteiger partial charge in [-0.2, -0.15) is 0 Å². The first-order valence-corrected chi connectivity index (χ1v) is 9.78. The molecule has 1 aliphatic heterocycles. The van der Waals surface area contributed by atoms with E-state index in [1.54, 1.807) is 38.4 Å². The van der Waals surface area contributed by atoms with Gasteiger partial charge >= 0.3 is 0 Å². The molecule has 1 aliphatic rings. The monoisotopic (exact) mass is 353 g/mol. The summed E-state index contributed by atoms with van der Waals surface area (Å²) in [5.41, 5.74) is 0.596. The number of nitrogens with zero attached hydrogens (tertiary/aromatic N) is 1. The van der Waals surface area contributed by atoms with Crippen molar-refractivity contribution in [3.8, 4) is 5.75 Å². The van der Waals surface area contributed by atoms with Crippen LogP contribution in [-0.4, -0.2) is 56.7 Å². The first kappa shape index (κ1) is 18.4. The van der Waals surface area contributed by atoms with Crippen LogP contribution < -0.4 is 4.74 Å². The summed E-state index contributed by atoms with van der Waals surface area (Å²) in [4.78, 5) is 25.8. The smallest absolute Gasteiger partial charge is 0.222 e. The van der Waals surface area contributed by atoms with Crippen molar-refractivity contribution in [3.63, 3.8) is 0 Å². The number of carbonyl (C=O) groups excluding carboxylic acids is 2. The minimum absolute atomic E-state index is 0.0171. The molecule has 2 rings (SSSR count). The van der Waals surface area contributed by atoms with E-state index < -0.39 is 9.84 Å². The lowest BCUT2D eigenvalue weighted by molar-refractivity contribution is -0.131. The van der Waals surface area contributed by atoms with Crippen LogP contribution in [0.25, 0.3) is 0 Å². The Balaban J connectivity index is 1.78. The molecule has 0 N–H and O–H groups in total. The molecule has 1 aromatic carbocycles. The number of methoxy groups -OCH3 is 1. The maximum atomic E-state index is 12.1. The maximum Gasteiger partial charge on any atom is 0.222 e. The molecule has 0 radical (unpaired) electrons. The highest BCUT2D eigenvalue weighted by Gasteiger charge is 2.32. The van der Waals surface area contributed by atoms with Gasteiger partial charge < -0.3 is 9.64 Å². The summed E-state index contributed by atoms with van der Waals surface area (Å²) in [5.74, 6) is 0.747. The second-order valence-electron chi connectivity index (χ2n) is 6.07. The quantitative estimate of drug-likeness (QED) is 0.697. The Kier molecular flexibility index (Phi) is 5.99. The Hall–Kier alpha value is -1.89. The van der Waals surface area contributed by atoms with Gasteiger partial charge in [-0.15, -0.1) is 0 Å². The second kappa shape index (κ2) is 7.79. The van der Waals surface area contributed by atoms with Gasteiger partial charge in [0.1, 0.15) is 5.75 Å². The van der Waals surface area contributed by atoms with E-state index in [2.05, 4.69) is 0 Å². The Labute approximate surface area is 142 Å².